The molecule has 0 amide bonds. The molecule has 10 heteroatoms. The summed E-state index contributed by atoms with van der Waals surface area (Å²) in [5.74, 6) is -1.55. The first-order valence-corrected chi connectivity index (χ1v) is 10.7. The third kappa shape index (κ3) is 5.32. The summed E-state index contributed by atoms with van der Waals surface area (Å²) >= 11 is -4.27. The van der Waals surface area contributed by atoms with E-state index < -0.39 is 50.7 Å². The van der Waals surface area contributed by atoms with Gasteiger partial charge in [0.15, 0.2) is 22.2 Å². The lowest BCUT2D eigenvalue weighted by Gasteiger charge is -2.37. The van der Waals surface area contributed by atoms with Crippen molar-refractivity contribution in [3.05, 3.63) is 0 Å². The second-order valence-corrected chi connectivity index (χ2v) is 9.25. The van der Waals surface area contributed by atoms with E-state index >= 15 is 0 Å². The van der Waals surface area contributed by atoms with Crippen LogP contribution in [0.4, 0.5) is 0 Å². The Bertz CT molecular complexity index is 540. The zero-order valence-corrected chi connectivity index (χ0v) is 15.3. The lowest BCUT2D eigenvalue weighted by Crippen LogP contribution is -2.41. The predicted octanol–water partition coefficient (Wildman–Crippen LogP) is 1.40. The molecule has 8 atom stereocenters. The van der Waals surface area contributed by atoms with Crippen LogP contribution in [0.3, 0.4) is 0 Å². The lowest BCUT2D eigenvalue weighted by molar-refractivity contribution is -0.143. The molecule has 2 aliphatic rings. The number of carbonyl (C=O) groups is 2. The van der Waals surface area contributed by atoms with Crippen LogP contribution in [0.15, 0.2) is 0 Å². The molecule has 0 aromatic rings. The largest absolute Gasteiger partial charge is 0.481 e. The van der Waals surface area contributed by atoms with E-state index in [2.05, 4.69) is 0 Å². The van der Waals surface area contributed by atoms with Crippen LogP contribution < -0.4 is 0 Å². The Balaban J connectivity index is 1.96. The fourth-order valence-corrected chi connectivity index (χ4v) is 6.11. The number of carbonyl (C=O) groups excluding carboxylic acids is 1. The molecule has 0 radical (unpaired) electrons. The standard InChI is InChI=1S/C15H24O8S2/c16-8-23-12-4-2-10(7-14(12)25(21)22)5-9-1-3-11(15(17)18)13(6-9)24(19)20/h8-14H,1-7H2,(H,17,18)(H,19,20)(H,21,22). The first-order valence-electron chi connectivity index (χ1n) is 8.34. The molecule has 0 aromatic heterocycles. The monoisotopic (exact) mass is 396 g/mol. The fraction of sp³-hybridized carbons (Fsp3) is 0.867. The maximum atomic E-state index is 11.5. The zero-order chi connectivity index (χ0) is 18.6. The molecule has 0 aromatic carbocycles. The maximum absolute atomic E-state index is 11.5. The highest BCUT2D eigenvalue weighted by Crippen LogP contribution is 2.40. The molecule has 0 bridgehead atoms. The Morgan fingerprint density at radius 2 is 1.56 bits per heavy atom. The molecule has 3 N–H and O–H groups in total. The van der Waals surface area contributed by atoms with Crippen molar-refractivity contribution in [2.45, 2.75) is 61.5 Å². The van der Waals surface area contributed by atoms with Crippen LogP contribution in [-0.2, 0) is 36.5 Å². The van der Waals surface area contributed by atoms with Crippen molar-refractivity contribution in [2.75, 3.05) is 0 Å². The third-order valence-corrected chi connectivity index (χ3v) is 7.53. The lowest BCUT2D eigenvalue weighted by atomic mass is 9.74. The molecule has 2 aliphatic carbocycles. The highest BCUT2D eigenvalue weighted by atomic mass is 32.2. The van der Waals surface area contributed by atoms with Crippen molar-refractivity contribution in [1.82, 2.24) is 0 Å². The average molecular weight is 396 g/mol. The third-order valence-electron chi connectivity index (χ3n) is 5.47. The molecule has 2 rings (SSSR count). The van der Waals surface area contributed by atoms with Crippen LogP contribution in [-0.4, -0.2) is 51.7 Å². The summed E-state index contributed by atoms with van der Waals surface area (Å²) in [4.78, 5) is 21.8. The van der Waals surface area contributed by atoms with Crippen molar-refractivity contribution in [1.29, 1.82) is 0 Å². The molecule has 25 heavy (non-hydrogen) atoms. The number of ether oxygens (including phenoxy) is 1. The van der Waals surface area contributed by atoms with Crippen LogP contribution in [0, 0.1) is 17.8 Å². The second kappa shape index (κ2) is 9.20. The number of rotatable bonds is 7. The van der Waals surface area contributed by atoms with Crippen molar-refractivity contribution in [3.63, 3.8) is 0 Å². The summed E-state index contributed by atoms with van der Waals surface area (Å²) in [6, 6.07) is 0. The number of carboxylic acid groups (broad SMARTS) is 1. The molecule has 2 fully saturated rings. The van der Waals surface area contributed by atoms with Gasteiger partial charge in [0, 0.05) is 0 Å². The Hall–Kier alpha value is -0.840. The van der Waals surface area contributed by atoms with Gasteiger partial charge < -0.3 is 18.9 Å². The molecule has 144 valence electrons. The van der Waals surface area contributed by atoms with Crippen molar-refractivity contribution in [3.8, 4) is 0 Å². The minimum Gasteiger partial charge on any atom is -0.481 e. The molecule has 0 heterocycles. The van der Waals surface area contributed by atoms with E-state index in [1.807, 2.05) is 0 Å². The summed E-state index contributed by atoms with van der Waals surface area (Å²) in [5, 5.41) is 7.80. The van der Waals surface area contributed by atoms with Gasteiger partial charge in [0.25, 0.3) is 6.47 Å². The predicted molar refractivity (Wildman–Crippen MR) is 90.5 cm³/mol. The van der Waals surface area contributed by atoms with Crippen LogP contribution in [0.2, 0.25) is 0 Å². The van der Waals surface area contributed by atoms with Crippen molar-refractivity contribution >= 4 is 34.6 Å². The molecular weight excluding hydrogens is 372 g/mol. The zero-order valence-electron chi connectivity index (χ0n) is 13.7. The fourth-order valence-electron chi connectivity index (χ4n) is 4.24. The molecule has 0 aliphatic heterocycles. The van der Waals surface area contributed by atoms with Gasteiger partial charge in [-0.2, -0.15) is 0 Å². The molecule has 0 saturated heterocycles. The van der Waals surface area contributed by atoms with E-state index in [4.69, 9.17) is 4.74 Å². The normalized spacial score (nSPS) is 38.5. The van der Waals surface area contributed by atoms with E-state index in [-0.39, 0.29) is 11.8 Å². The summed E-state index contributed by atoms with van der Waals surface area (Å²) < 4.78 is 46.8. The van der Waals surface area contributed by atoms with Crippen LogP contribution in [0.25, 0.3) is 0 Å². The molecule has 8 nitrogen and oxygen atoms in total. The number of carboxylic acids is 1. The molecule has 0 spiro atoms. The number of aliphatic carboxylic acids is 1. The second-order valence-electron chi connectivity index (χ2n) is 6.94. The van der Waals surface area contributed by atoms with E-state index in [0.717, 1.165) is 12.8 Å². The van der Waals surface area contributed by atoms with Crippen LogP contribution >= 0.6 is 0 Å². The SMILES string of the molecule is O=COC1CCC(CC2CCC(C(=O)O)C(S(=O)O)C2)CC1S(=O)O. The van der Waals surface area contributed by atoms with Crippen molar-refractivity contribution < 1.29 is 37.0 Å². The minimum atomic E-state index is -2.18. The Morgan fingerprint density at radius 1 is 1.00 bits per heavy atom. The first-order chi connectivity index (χ1) is 11.8. The van der Waals surface area contributed by atoms with Gasteiger partial charge in [-0.3, -0.25) is 9.59 Å². The van der Waals surface area contributed by atoms with Gasteiger partial charge in [0.05, 0.1) is 16.4 Å². The van der Waals surface area contributed by atoms with Gasteiger partial charge >= 0.3 is 5.97 Å². The van der Waals surface area contributed by atoms with Gasteiger partial charge in [-0.15, -0.1) is 0 Å². The quantitative estimate of drug-likeness (QED) is 0.433. The Labute approximate surface area is 151 Å². The highest BCUT2D eigenvalue weighted by molar-refractivity contribution is 7.80. The minimum absolute atomic E-state index is 0.123. The Kier molecular flexibility index (Phi) is 7.53. The van der Waals surface area contributed by atoms with Gasteiger partial charge in [-0.25, -0.2) is 8.42 Å². The summed E-state index contributed by atoms with van der Waals surface area (Å²) in [5.41, 5.74) is 0. The Morgan fingerprint density at radius 3 is 2.08 bits per heavy atom. The maximum Gasteiger partial charge on any atom is 0.307 e. The van der Waals surface area contributed by atoms with Crippen molar-refractivity contribution in [2.24, 2.45) is 17.8 Å². The van der Waals surface area contributed by atoms with E-state index in [0.29, 0.717) is 38.6 Å². The molecular formula is C15H24O8S2. The van der Waals surface area contributed by atoms with E-state index in [1.54, 1.807) is 0 Å². The summed E-state index contributed by atoms with van der Waals surface area (Å²) in [7, 11) is 0. The van der Waals surface area contributed by atoms with Gasteiger partial charge in [-0.1, -0.05) is 0 Å². The molecule has 2 saturated carbocycles. The van der Waals surface area contributed by atoms with E-state index in [9.17, 15) is 32.2 Å². The number of hydrogen-bond donors (Lipinski definition) is 3. The summed E-state index contributed by atoms with van der Waals surface area (Å²) in [6.45, 7) is 0.305. The van der Waals surface area contributed by atoms with Crippen LogP contribution in [0.5, 0.6) is 0 Å². The van der Waals surface area contributed by atoms with Gasteiger partial charge in [0.2, 0.25) is 0 Å². The van der Waals surface area contributed by atoms with E-state index in [1.165, 1.54) is 0 Å². The van der Waals surface area contributed by atoms with Gasteiger partial charge in [0.1, 0.15) is 6.10 Å². The van der Waals surface area contributed by atoms with Crippen LogP contribution in [0.1, 0.15) is 44.9 Å². The smallest absolute Gasteiger partial charge is 0.307 e. The average Bonchev–Trinajstić information content (AvgIpc) is 2.56. The number of hydrogen-bond acceptors (Lipinski definition) is 5. The highest BCUT2D eigenvalue weighted by Gasteiger charge is 2.41. The topological polar surface area (TPSA) is 138 Å². The summed E-state index contributed by atoms with van der Waals surface area (Å²) in [6.07, 6.45) is 3.29. The van der Waals surface area contributed by atoms with Gasteiger partial charge in [-0.05, 0) is 56.8 Å². The first kappa shape index (κ1) is 20.5. The molecule has 8 unspecified atom stereocenters.